The number of carbonyl (C=O) groups is 1. The molecule has 26 heavy (non-hydrogen) atoms. The van der Waals surface area contributed by atoms with Crippen molar-refractivity contribution in [2.75, 3.05) is 4.90 Å². The summed E-state index contributed by atoms with van der Waals surface area (Å²) in [5.74, 6) is 1.07. The number of rotatable bonds is 4. The number of hydrogen-bond acceptors (Lipinski definition) is 4. The average molecular weight is 350 g/mol. The van der Waals surface area contributed by atoms with Crippen LogP contribution in [-0.4, -0.2) is 16.2 Å². The summed E-state index contributed by atoms with van der Waals surface area (Å²) in [6, 6.07) is 12.7. The van der Waals surface area contributed by atoms with Gasteiger partial charge in [0.1, 0.15) is 5.76 Å². The van der Waals surface area contributed by atoms with Gasteiger partial charge in [0.2, 0.25) is 0 Å². The van der Waals surface area contributed by atoms with Crippen LogP contribution >= 0.6 is 0 Å². The molecule has 0 fully saturated rings. The van der Waals surface area contributed by atoms with E-state index in [0.717, 1.165) is 12.0 Å². The fourth-order valence-electron chi connectivity index (χ4n) is 2.60. The van der Waals surface area contributed by atoms with Crippen LogP contribution in [0.1, 0.15) is 37.7 Å². The van der Waals surface area contributed by atoms with Gasteiger partial charge in [-0.1, -0.05) is 38.1 Å². The Kier molecular flexibility index (Phi) is 4.75. The number of hydrogen-bond donors (Lipinski definition) is 1. The maximum Gasteiger partial charge on any atom is 0.325 e. The lowest BCUT2D eigenvalue weighted by molar-refractivity contribution is 0.255. The molecule has 6 heteroatoms. The van der Waals surface area contributed by atoms with Crippen LogP contribution in [0.4, 0.5) is 16.3 Å². The number of anilines is 2. The second kappa shape index (κ2) is 7.00. The van der Waals surface area contributed by atoms with Gasteiger partial charge in [-0.05, 0) is 41.8 Å². The zero-order valence-electron chi connectivity index (χ0n) is 15.1. The third kappa shape index (κ3) is 3.91. The van der Waals surface area contributed by atoms with E-state index < -0.39 is 6.03 Å². The number of primary amides is 1. The highest BCUT2D eigenvalue weighted by Gasteiger charge is 2.24. The van der Waals surface area contributed by atoms with E-state index in [4.69, 9.17) is 10.3 Å². The van der Waals surface area contributed by atoms with Crippen molar-refractivity contribution in [3.8, 4) is 0 Å². The number of carbonyl (C=O) groups excluding carboxylic acids is 1. The van der Waals surface area contributed by atoms with Crippen molar-refractivity contribution in [1.82, 2.24) is 10.1 Å². The molecule has 3 rings (SSSR count). The fourth-order valence-corrected chi connectivity index (χ4v) is 2.60. The number of pyridine rings is 1. The first kappa shape index (κ1) is 17.7. The monoisotopic (exact) mass is 350 g/mol. The summed E-state index contributed by atoms with van der Waals surface area (Å²) in [6.07, 6.45) is 4.34. The summed E-state index contributed by atoms with van der Waals surface area (Å²) < 4.78 is 5.38. The molecule has 0 bridgehead atoms. The van der Waals surface area contributed by atoms with Crippen molar-refractivity contribution in [2.24, 2.45) is 5.73 Å². The highest BCUT2D eigenvalue weighted by molar-refractivity contribution is 5.97. The maximum atomic E-state index is 12.0. The summed E-state index contributed by atoms with van der Waals surface area (Å²) in [4.78, 5) is 17.4. The van der Waals surface area contributed by atoms with E-state index in [1.54, 1.807) is 18.5 Å². The molecule has 6 nitrogen and oxygen atoms in total. The van der Waals surface area contributed by atoms with Crippen molar-refractivity contribution in [3.05, 3.63) is 71.7 Å². The molecule has 3 aromatic rings. The van der Waals surface area contributed by atoms with Crippen molar-refractivity contribution in [3.63, 3.8) is 0 Å². The first-order valence-electron chi connectivity index (χ1n) is 8.39. The molecular weight excluding hydrogens is 328 g/mol. The van der Waals surface area contributed by atoms with Crippen molar-refractivity contribution < 1.29 is 9.32 Å². The SMILES string of the molecule is CC(C)(C)c1cc(N(C(N)=O)c2ccc(Cc3ccncc3)cc2)no1. The Bertz CT molecular complexity index is 880. The molecule has 0 aliphatic heterocycles. The molecule has 134 valence electrons. The van der Waals surface area contributed by atoms with Gasteiger partial charge >= 0.3 is 6.03 Å². The molecule has 0 radical (unpaired) electrons. The van der Waals surface area contributed by atoms with Gasteiger partial charge < -0.3 is 10.3 Å². The van der Waals surface area contributed by atoms with E-state index in [0.29, 0.717) is 17.3 Å². The normalized spacial score (nSPS) is 11.3. The van der Waals surface area contributed by atoms with E-state index in [9.17, 15) is 4.79 Å². The lowest BCUT2D eigenvalue weighted by Gasteiger charge is -2.17. The minimum absolute atomic E-state index is 0.205. The van der Waals surface area contributed by atoms with Gasteiger partial charge in [0.25, 0.3) is 0 Å². The second-order valence-corrected chi connectivity index (χ2v) is 7.17. The zero-order valence-corrected chi connectivity index (χ0v) is 15.1. The van der Waals surface area contributed by atoms with Gasteiger partial charge in [0.05, 0.1) is 5.69 Å². The van der Waals surface area contributed by atoms with Crippen LogP contribution in [0.5, 0.6) is 0 Å². The van der Waals surface area contributed by atoms with Crippen LogP contribution in [-0.2, 0) is 11.8 Å². The van der Waals surface area contributed by atoms with E-state index in [1.807, 2.05) is 57.2 Å². The number of nitrogens with two attached hydrogens (primary N) is 1. The van der Waals surface area contributed by atoms with Gasteiger partial charge in [0.15, 0.2) is 5.82 Å². The van der Waals surface area contributed by atoms with Gasteiger partial charge in [-0.15, -0.1) is 0 Å². The molecule has 0 spiro atoms. The summed E-state index contributed by atoms with van der Waals surface area (Å²) in [5.41, 5.74) is 8.31. The minimum atomic E-state index is -0.611. The standard InChI is InChI=1S/C20H22N4O2/c1-20(2,3)17-13-18(23-26-17)24(19(21)25)16-6-4-14(5-7-16)12-15-8-10-22-11-9-15/h4-11,13H,12H2,1-3H3,(H2,21,25). The average Bonchev–Trinajstić information content (AvgIpc) is 3.07. The van der Waals surface area contributed by atoms with Gasteiger partial charge in [-0.2, -0.15) is 0 Å². The number of benzene rings is 1. The lowest BCUT2D eigenvalue weighted by Crippen LogP contribution is -2.31. The van der Waals surface area contributed by atoms with Crippen LogP contribution in [0.15, 0.2) is 59.4 Å². The number of aromatic nitrogens is 2. The van der Waals surface area contributed by atoms with E-state index in [1.165, 1.54) is 10.5 Å². The molecule has 2 N–H and O–H groups in total. The van der Waals surface area contributed by atoms with Gasteiger partial charge in [0, 0.05) is 23.9 Å². The van der Waals surface area contributed by atoms with Crippen molar-refractivity contribution in [1.29, 1.82) is 0 Å². The smallest absolute Gasteiger partial charge is 0.325 e. The third-order valence-corrected chi connectivity index (χ3v) is 4.04. The Morgan fingerprint density at radius 1 is 1.08 bits per heavy atom. The van der Waals surface area contributed by atoms with E-state index in [-0.39, 0.29) is 5.41 Å². The Labute approximate surface area is 152 Å². The second-order valence-electron chi connectivity index (χ2n) is 7.17. The van der Waals surface area contributed by atoms with Gasteiger partial charge in [-0.3, -0.25) is 4.98 Å². The molecule has 1 aromatic carbocycles. The summed E-state index contributed by atoms with van der Waals surface area (Å²) in [6.45, 7) is 6.04. The van der Waals surface area contributed by atoms with Crippen LogP contribution in [0.2, 0.25) is 0 Å². The van der Waals surface area contributed by atoms with Crippen LogP contribution in [0.3, 0.4) is 0 Å². The molecule has 0 atom stereocenters. The van der Waals surface area contributed by atoms with Crippen LogP contribution < -0.4 is 10.6 Å². The number of urea groups is 1. The Morgan fingerprint density at radius 2 is 1.69 bits per heavy atom. The predicted octanol–water partition coefficient (Wildman–Crippen LogP) is 4.17. The molecule has 2 heterocycles. The quantitative estimate of drug-likeness (QED) is 0.765. The molecule has 0 saturated carbocycles. The molecule has 0 saturated heterocycles. The van der Waals surface area contributed by atoms with Crippen LogP contribution in [0, 0.1) is 0 Å². The molecule has 2 amide bonds. The summed E-state index contributed by atoms with van der Waals surface area (Å²) in [7, 11) is 0. The van der Waals surface area contributed by atoms with Crippen LogP contribution in [0.25, 0.3) is 0 Å². The van der Waals surface area contributed by atoms with Crippen molar-refractivity contribution in [2.45, 2.75) is 32.6 Å². The van der Waals surface area contributed by atoms with E-state index >= 15 is 0 Å². The first-order valence-corrected chi connectivity index (χ1v) is 8.39. The van der Waals surface area contributed by atoms with Crippen molar-refractivity contribution >= 4 is 17.5 Å². The highest BCUT2D eigenvalue weighted by Crippen LogP contribution is 2.30. The number of nitrogens with zero attached hydrogens (tertiary/aromatic N) is 3. The third-order valence-electron chi connectivity index (χ3n) is 4.04. The lowest BCUT2D eigenvalue weighted by atomic mass is 9.93. The van der Waals surface area contributed by atoms with E-state index in [2.05, 4.69) is 10.1 Å². The maximum absolute atomic E-state index is 12.0. The Morgan fingerprint density at radius 3 is 2.23 bits per heavy atom. The molecular formula is C20H22N4O2. The van der Waals surface area contributed by atoms with Gasteiger partial charge in [-0.25, -0.2) is 9.69 Å². The topological polar surface area (TPSA) is 85.2 Å². The Hall–Kier alpha value is -3.15. The zero-order chi connectivity index (χ0) is 18.7. The number of amides is 2. The summed E-state index contributed by atoms with van der Waals surface area (Å²) >= 11 is 0. The molecule has 0 unspecified atom stereocenters. The highest BCUT2D eigenvalue weighted by atomic mass is 16.5. The Balaban J connectivity index is 1.85. The minimum Gasteiger partial charge on any atom is -0.359 e. The largest absolute Gasteiger partial charge is 0.359 e. The molecule has 0 aliphatic carbocycles. The first-order chi connectivity index (χ1) is 12.3. The summed E-state index contributed by atoms with van der Waals surface area (Å²) in [5, 5.41) is 4.01. The molecule has 0 aliphatic rings. The fraction of sp³-hybridized carbons (Fsp3) is 0.250. The molecule has 2 aromatic heterocycles. The predicted molar refractivity (Wildman–Crippen MR) is 100 cm³/mol.